The number of aryl methyl sites for hydroxylation is 2. The van der Waals surface area contributed by atoms with Crippen molar-refractivity contribution in [2.45, 2.75) is 78.6 Å². The second-order valence-electron chi connectivity index (χ2n) is 11.2. The Morgan fingerprint density at radius 3 is 2.39 bits per heavy atom. The number of hydrogen-bond donors (Lipinski definition) is 0. The predicted molar refractivity (Wildman–Crippen MR) is 143 cm³/mol. The molecule has 1 unspecified atom stereocenters. The summed E-state index contributed by atoms with van der Waals surface area (Å²) in [5.41, 5.74) is 13.2. The molecular weight excluding hydrogens is 396 g/mol. The van der Waals surface area contributed by atoms with E-state index in [1.165, 1.54) is 72.8 Å². The fourth-order valence-electron chi connectivity index (χ4n) is 6.76. The topological polar surface area (TPSA) is 0 Å². The maximum Gasteiger partial charge on any atom is -0.00258 e. The third-order valence-electron chi connectivity index (χ3n) is 8.61. The SMILES string of the molecule is C=C(CC1=CCC=C1C1Cc2ccc(CC3CCC(C)CC3)cc2C1)c1c(C)cccc1C. The molecule has 33 heavy (non-hydrogen) atoms. The predicted octanol–water partition coefficient (Wildman–Crippen LogP) is 8.75. The Labute approximate surface area is 201 Å². The molecule has 0 aromatic heterocycles. The summed E-state index contributed by atoms with van der Waals surface area (Å²) in [5, 5.41) is 0. The van der Waals surface area contributed by atoms with E-state index in [0.29, 0.717) is 5.92 Å². The van der Waals surface area contributed by atoms with Crippen molar-refractivity contribution in [3.05, 3.63) is 99.7 Å². The zero-order valence-electron chi connectivity index (χ0n) is 20.9. The number of fused-ring (bicyclic) bond motifs is 1. The molecule has 0 radical (unpaired) electrons. The van der Waals surface area contributed by atoms with Gasteiger partial charge in [0.1, 0.15) is 0 Å². The van der Waals surface area contributed by atoms with Crippen LogP contribution in [0.3, 0.4) is 0 Å². The lowest BCUT2D eigenvalue weighted by molar-refractivity contribution is 0.289. The van der Waals surface area contributed by atoms with Crippen LogP contribution in [-0.2, 0) is 19.3 Å². The van der Waals surface area contributed by atoms with E-state index < -0.39 is 0 Å². The Morgan fingerprint density at radius 2 is 1.64 bits per heavy atom. The van der Waals surface area contributed by atoms with Crippen molar-refractivity contribution in [1.82, 2.24) is 0 Å². The van der Waals surface area contributed by atoms with Crippen LogP contribution in [0.2, 0.25) is 0 Å². The average Bonchev–Trinajstić information content (AvgIpc) is 3.41. The van der Waals surface area contributed by atoms with E-state index in [-0.39, 0.29) is 0 Å². The lowest BCUT2D eigenvalue weighted by atomic mass is 9.80. The Morgan fingerprint density at radius 1 is 0.909 bits per heavy atom. The minimum atomic E-state index is 0.644. The summed E-state index contributed by atoms with van der Waals surface area (Å²) in [7, 11) is 0. The molecule has 1 fully saturated rings. The summed E-state index contributed by atoms with van der Waals surface area (Å²) < 4.78 is 0. The van der Waals surface area contributed by atoms with E-state index >= 15 is 0 Å². The third-order valence-corrected chi connectivity index (χ3v) is 8.61. The molecule has 0 amide bonds. The molecule has 172 valence electrons. The first-order valence-corrected chi connectivity index (χ1v) is 13.2. The fraction of sp³-hybridized carbons (Fsp3) is 0.455. The van der Waals surface area contributed by atoms with Crippen molar-refractivity contribution in [1.29, 1.82) is 0 Å². The van der Waals surface area contributed by atoms with Crippen LogP contribution in [0.25, 0.3) is 5.57 Å². The highest BCUT2D eigenvalue weighted by Gasteiger charge is 2.28. The van der Waals surface area contributed by atoms with Gasteiger partial charge in [-0.1, -0.05) is 74.9 Å². The van der Waals surface area contributed by atoms with Crippen LogP contribution in [0, 0.1) is 31.6 Å². The summed E-state index contributed by atoms with van der Waals surface area (Å²) in [4.78, 5) is 0. The van der Waals surface area contributed by atoms with Gasteiger partial charge in [0.15, 0.2) is 0 Å². The van der Waals surface area contributed by atoms with Gasteiger partial charge in [-0.25, -0.2) is 0 Å². The van der Waals surface area contributed by atoms with Crippen LogP contribution in [0.5, 0.6) is 0 Å². The monoisotopic (exact) mass is 436 g/mol. The molecular formula is C33H40. The van der Waals surface area contributed by atoms with Crippen LogP contribution < -0.4 is 0 Å². The summed E-state index contributed by atoms with van der Waals surface area (Å²) >= 11 is 0. The number of allylic oxidation sites excluding steroid dienone is 5. The van der Waals surface area contributed by atoms with E-state index in [9.17, 15) is 0 Å². The zero-order chi connectivity index (χ0) is 22.9. The van der Waals surface area contributed by atoms with E-state index in [1.807, 2.05) is 0 Å². The molecule has 0 N–H and O–H groups in total. The van der Waals surface area contributed by atoms with Crippen molar-refractivity contribution in [2.75, 3.05) is 0 Å². The smallest absolute Gasteiger partial charge is 0.00258 e. The van der Waals surface area contributed by atoms with E-state index in [0.717, 1.165) is 24.7 Å². The zero-order valence-corrected chi connectivity index (χ0v) is 20.9. The average molecular weight is 437 g/mol. The van der Waals surface area contributed by atoms with E-state index in [2.05, 4.69) is 75.9 Å². The maximum atomic E-state index is 4.51. The molecule has 2 aromatic carbocycles. The van der Waals surface area contributed by atoms with Crippen molar-refractivity contribution < 1.29 is 0 Å². The minimum Gasteiger partial charge on any atom is -0.0949 e. The number of benzene rings is 2. The molecule has 0 nitrogen and oxygen atoms in total. The van der Waals surface area contributed by atoms with Crippen LogP contribution in [0.4, 0.5) is 0 Å². The summed E-state index contributed by atoms with van der Waals surface area (Å²) in [5.74, 6) is 2.49. The molecule has 0 heterocycles. The van der Waals surface area contributed by atoms with Gasteiger partial charge in [0.2, 0.25) is 0 Å². The van der Waals surface area contributed by atoms with E-state index in [4.69, 9.17) is 0 Å². The number of hydrogen-bond acceptors (Lipinski definition) is 0. The molecule has 1 saturated carbocycles. The van der Waals surface area contributed by atoms with Gasteiger partial charge in [0.05, 0.1) is 0 Å². The normalized spacial score (nSPS) is 24.4. The van der Waals surface area contributed by atoms with E-state index in [1.54, 1.807) is 22.3 Å². The standard InChI is InChI=1S/C33H40/c1-22-11-13-26(14-12-22)18-27-15-16-28-20-31(21-30(28)19-27)32-10-6-9-29(32)17-25(4)33-23(2)7-5-8-24(33)3/h5,7-10,15-16,19,22,26,31H,4,6,11-14,17-18,20-21H2,1-3H3. The third kappa shape index (κ3) is 4.81. The molecule has 5 rings (SSSR count). The van der Waals surface area contributed by atoms with Gasteiger partial charge in [-0.05, 0) is 127 Å². The van der Waals surface area contributed by atoms with Crippen molar-refractivity contribution in [3.8, 4) is 0 Å². The molecule has 0 saturated heterocycles. The van der Waals surface area contributed by atoms with Crippen molar-refractivity contribution >= 4 is 5.57 Å². The van der Waals surface area contributed by atoms with Crippen molar-refractivity contribution in [2.24, 2.45) is 17.8 Å². The largest absolute Gasteiger partial charge is 0.0949 e. The molecule has 3 aliphatic carbocycles. The number of rotatable bonds is 6. The summed E-state index contributed by atoms with van der Waals surface area (Å²) in [6, 6.07) is 14.0. The molecule has 1 atom stereocenters. The fourth-order valence-corrected chi connectivity index (χ4v) is 6.76. The Bertz CT molecular complexity index is 1080. The maximum absolute atomic E-state index is 4.51. The summed E-state index contributed by atoms with van der Waals surface area (Å²) in [6.07, 6.45) is 16.4. The Hall–Kier alpha value is -2.34. The first-order chi connectivity index (χ1) is 16.0. The van der Waals surface area contributed by atoms with Crippen LogP contribution in [-0.4, -0.2) is 0 Å². The molecule has 0 spiro atoms. The van der Waals surface area contributed by atoms with Gasteiger partial charge in [0.25, 0.3) is 0 Å². The van der Waals surface area contributed by atoms with Crippen LogP contribution in [0.1, 0.15) is 78.8 Å². The lowest BCUT2D eigenvalue weighted by Crippen LogP contribution is -2.14. The lowest BCUT2D eigenvalue weighted by Gasteiger charge is -2.26. The van der Waals surface area contributed by atoms with Crippen LogP contribution >= 0.6 is 0 Å². The second-order valence-corrected chi connectivity index (χ2v) is 11.2. The van der Waals surface area contributed by atoms with Gasteiger partial charge in [-0.2, -0.15) is 0 Å². The first kappa shape index (κ1) is 22.5. The van der Waals surface area contributed by atoms with Gasteiger partial charge >= 0.3 is 0 Å². The van der Waals surface area contributed by atoms with Gasteiger partial charge in [-0.15, -0.1) is 0 Å². The molecule has 3 aliphatic rings. The molecule has 0 heteroatoms. The van der Waals surface area contributed by atoms with Gasteiger partial charge in [-0.3, -0.25) is 0 Å². The molecule has 0 bridgehead atoms. The van der Waals surface area contributed by atoms with Crippen molar-refractivity contribution in [3.63, 3.8) is 0 Å². The quantitative estimate of drug-likeness (QED) is 0.424. The first-order valence-electron chi connectivity index (χ1n) is 13.2. The Kier molecular flexibility index (Phi) is 6.46. The highest BCUT2D eigenvalue weighted by Crippen LogP contribution is 2.41. The highest BCUT2D eigenvalue weighted by molar-refractivity contribution is 5.72. The van der Waals surface area contributed by atoms with Gasteiger partial charge < -0.3 is 0 Å². The Balaban J connectivity index is 1.25. The van der Waals surface area contributed by atoms with Gasteiger partial charge in [0, 0.05) is 0 Å². The highest BCUT2D eigenvalue weighted by atomic mass is 14.3. The molecule has 2 aromatic rings. The van der Waals surface area contributed by atoms with Crippen LogP contribution in [0.15, 0.2) is 66.3 Å². The summed E-state index contributed by atoms with van der Waals surface area (Å²) in [6.45, 7) is 11.4. The molecule has 0 aliphatic heterocycles. The second kappa shape index (κ2) is 9.49. The minimum absolute atomic E-state index is 0.644.